The maximum atomic E-state index is 2.31. The molecule has 0 aliphatic rings. The average molecular weight is 1300 g/mol. The SMILES string of the molecule is Cc1ccccc1.O.O.[Pt].[Pt].c1ccc(P(CCCCP(c2ccccc2)c2ccccc2)c2ccccc2)cc1.c1ccc(PCCCCP(c2ccccc2)c2ccccc2)cc1. The van der Waals surface area contributed by atoms with Crippen molar-refractivity contribution in [2.75, 3.05) is 24.6 Å². The third kappa shape index (κ3) is 21.1. The third-order valence-corrected chi connectivity index (χ3v) is 19.4. The Morgan fingerprint density at radius 1 is 0.292 bits per heavy atom. The number of aryl methyl sites for hydroxylation is 1. The van der Waals surface area contributed by atoms with Gasteiger partial charge in [-0.05, 0) is 118 Å². The summed E-state index contributed by atoms with van der Waals surface area (Å²) in [6.45, 7) is 2.08. The topological polar surface area (TPSA) is 63.0 Å². The maximum Gasteiger partial charge on any atom is 0 e. The third-order valence-electron chi connectivity index (χ3n) is 10.3. The molecule has 0 bridgehead atoms. The molecule has 4 N–H and O–H groups in total. The van der Waals surface area contributed by atoms with Gasteiger partial charge in [-0.3, -0.25) is 0 Å². The zero-order valence-electron chi connectivity index (χ0n) is 37.2. The van der Waals surface area contributed by atoms with E-state index in [1.54, 1.807) is 0 Å². The van der Waals surface area contributed by atoms with E-state index in [0.29, 0.717) is 0 Å². The van der Waals surface area contributed by atoms with Gasteiger partial charge in [0, 0.05) is 42.1 Å². The van der Waals surface area contributed by atoms with E-state index >= 15 is 0 Å². The zero-order chi connectivity index (χ0) is 42.0. The minimum atomic E-state index is -0.283. The summed E-state index contributed by atoms with van der Waals surface area (Å²) in [6, 6.07) is 87.6. The van der Waals surface area contributed by atoms with Crippen LogP contribution in [0.1, 0.15) is 31.2 Å². The average Bonchev–Trinajstić information content (AvgIpc) is 3.34. The van der Waals surface area contributed by atoms with Crippen LogP contribution in [-0.2, 0) is 42.1 Å². The summed E-state index contributed by atoms with van der Waals surface area (Å²) in [5, 5.41) is 10.5. The second-order valence-electron chi connectivity index (χ2n) is 14.8. The second kappa shape index (κ2) is 35.0. The minimum Gasteiger partial charge on any atom is -0.412 e. The van der Waals surface area contributed by atoms with Gasteiger partial charge < -0.3 is 11.0 Å². The van der Waals surface area contributed by atoms with Gasteiger partial charge in [-0.15, -0.1) is 0 Å². The van der Waals surface area contributed by atoms with Gasteiger partial charge in [0.15, 0.2) is 0 Å². The van der Waals surface area contributed by atoms with Crippen LogP contribution in [0.25, 0.3) is 0 Å². The summed E-state index contributed by atoms with van der Waals surface area (Å²) < 4.78 is 0. The van der Waals surface area contributed by atoms with Gasteiger partial charge in [-0.25, -0.2) is 0 Å². The molecule has 2 nitrogen and oxygen atoms in total. The molecule has 1 unspecified atom stereocenters. The molecule has 8 rings (SSSR count). The van der Waals surface area contributed by atoms with E-state index < -0.39 is 0 Å². The molecule has 65 heavy (non-hydrogen) atoms. The fourth-order valence-corrected chi connectivity index (χ4v) is 15.5. The molecule has 0 spiro atoms. The van der Waals surface area contributed by atoms with Crippen molar-refractivity contribution in [3.05, 3.63) is 248 Å². The Bertz CT molecular complexity index is 2100. The zero-order valence-corrected chi connectivity index (χ0v) is 45.5. The molecule has 0 fully saturated rings. The Morgan fingerprint density at radius 3 is 0.738 bits per heavy atom. The molecular formula is C57H64O2P4Pt2. The van der Waals surface area contributed by atoms with Gasteiger partial charge in [-0.1, -0.05) is 257 Å². The van der Waals surface area contributed by atoms with Crippen molar-refractivity contribution in [3.63, 3.8) is 0 Å². The number of hydrogen-bond acceptors (Lipinski definition) is 0. The van der Waals surface area contributed by atoms with Crippen molar-refractivity contribution in [2.45, 2.75) is 32.6 Å². The van der Waals surface area contributed by atoms with Crippen LogP contribution in [0, 0.1) is 6.92 Å². The Morgan fingerprint density at radius 2 is 0.508 bits per heavy atom. The molecule has 0 aliphatic heterocycles. The van der Waals surface area contributed by atoms with E-state index in [2.05, 4.69) is 231 Å². The summed E-state index contributed by atoms with van der Waals surface area (Å²) in [6.07, 6.45) is 10.3. The fraction of sp³-hybridized carbons (Fsp3) is 0.158. The largest absolute Gasteiger partial charge is 0.412 e. The Balaban J connectivity index is 0.000000373. The van der Waals surface area contributed by atoms with Crippen molar-refractivity contribution < 1.29 is 53.1 Å². The predicted molar refractivity (Wildman–Crippen MR) is 288 cm³/mol. The van der Waals surface area contributed by atoms with E-state index in [0.717, 1.165) is 8.58 Å². The molecule has 0 amide bonds. The van der Waals surface area contributed by atoms with Crippen molar-refractivity contribution >= 4 is 69.5 Å². The first-order chi connectivity index (χ1) is 30.2. The van der Waals surface area contributed by atoms with E-state index in [-0.39, 0.29) is 76.8 Å². The van der Waals surface area contributed by atoms with Crippen LogP contribution in [0.4, 0.5) is 0 Å². The maximum absolute atomic E-state index is 2.31. The number of hydrogen-bond donors (Lipinski definition) is 0. The molecule has 0 aromatic heterocycles. The quantitative estimate of drug-likeness (QED) is 0.0644. The predicted octanol–water partition coefficient (Wildman–Crippen LogP) is 11.3. The van der Waals surface area contributed by atoms with Gasteiger partial charge in [-0.2, -0.15) is 0 Å². The summed E-state index contributed by atoms with van der Waals surface area (Å²) in [5.74, 6) is 0. The fourth-order valence-electron chi connectivity index (χ4n) is 7.13. The number of unbranched alkanes of at least 4 members (excludes halogenated alkanes) is 2. The summed E-state index contributed by atoms with van der Waals surface area (Å²) >= 11 is 0. The summed E-state index contributed by atoms with van der Waals surface area (Å²) in [7, 11) is 0.163. The Labute approximate surface area is 424 Å². The number of benzene rings is 8. The Hall–Kier alpha value is -3.22. The molecule has 8 aromatic carbocycles. The monoisotopic (exact) mass is 1290 g/mol. The molecular weight excluding hydrogens is 1230 g/mol. The number of rotatable bonds is 17. The van der Waals surface area contributed by atoms with E-state index in [1.807, 2.05) is 18.2 Å². The first-order valence-electron chi connectivity index (χ1n) is 21.7. The van der Waals surface area contributed by atoms with Crippen LogP contribution in [0.15, 0.2) is 243 Å². The standard InChI is InChI=1S/C28H28P2.C22H24P2.C7H8.2H2O.2Pt/c1-5-15-25(16-6-1)29(26-17-7-2-8-18-26)23-13-14-24-30(27-19-9-3-10-20-27)28-21-11-4-12-22-28;1-4-12-20(13-5-1)23-18-10-11-19-24(21-14-6-2-7-15-21)22-16-8-3-9-17-22;1-7-5-3-2-4-6-7;;;;/h1-12,15-22H,13-14,23-24H2;1-9,12-17,23H,10-11,18-19H2;2-6H,1H3;2*1H2;;. The van der Waals surface area contributed by atoms with Crippen molar-refractivity contribution in [2.24, 2.45) is 0 Å². The van der Waals surface area contributed by atoms with E-state index in [4.69, 9.17) is 0 Å². The van der Waals surface area contributed by atoms with Gasteiger partial charge in [0.25, 0.3) is 0 Å². The minimum absolute atomic E-state index is 0. The second-order valence-corrected chi connectivity index (χ2v) is 23.3. The Kier molecular flexibility index (Phi) is 31.2. The van der Waals surface area contributed by atoms with Crippen LogP contribution < -0.4 is 37.1 Å². The summed E-state index contributed by atoms with van der Waals surface area (Å²) in [5.41, 5.74) is 1.32. The first-order valence-corrected chi connectivity index (χ1v) is 27.5. The van der Waals surface area contributed by atoms with Crippen LogP contribution in [-0.4, -0.2) is 35.6 Å². The van der Waals surface area contributed by atoms with Crippen LogP contribution in [0.2, 0.25) is 0 Å². The molecule has 0 saturated heterocycles. The van der Waals surface area contributed by atoms with Gasteiger partial charge in [0.05, 0.1) is 0 Å². The van der Waals surface area contributed by atoms with Crippen LogP contribution in [0.3, 0.4) is 0 Å². The van der Waals surface area contributed by atoms with Crippen molar-refractivity contribution in [1.82, 2.24) is 0 Å². The molecule has 8 aromatic rings. The molecule has 344 valence electrons. The smallest absolute Gasteiger partial charge is 0 e. The molecule has 0 radical (unpaired) electrons. The van der Waals surface area contributed by atoms with Gasteiger partial charge in [0.1, 0.15) is 0 Å². The molecule has 1 atom stereocenters. The molecule has 0 heterocycles. The van der Waals surface area contributed by atoms with Crippen LogP contribution >= 0.6 is 32.3 Å². The summed E-state index contributed by atoms with van der Waals surface area (Å²) in [4.78, 5) is 0. The van der Waals surface area contributed by atoms with Gasteiger partial charge in [0.2, 0.25) is 0 Å². The van der Waals surface area contributed by atoms with E-state index in [1.165, 1.54) is 93.0 Å². The van der Waals surface area contributed by atoms with E-state index in [9.17, 15) is 0 Å². The van der Waals surface area contributed by atoms with Crippen LogP contribution in [0.5, 0.6) is 0 Å². The molecule has 0 saturated carbocycles. The van der Waals surface area contributed by atoms with Crippen molar-refractivity contribution in [3.8, 4) is 0 Å². The first kappa shape index (κ1) is 57.9. The molecule has 0 aliphatic carbocycles. The van der Waals surface area contributed by atoms with Crippen molar-refractivity contribution in [1.29, 1.82) is 0 Å². The normalized spacial score (nSPS) is 10.3. The molecule has 8 heteroatoms. The van der Waals surface area contributed by atoms with Gasteiger partial charge >= 0.3 is 0 Å².